The quantitative estimate of drug-likeness (QED) is 0.351. The fraction of sp³-hybridized carbons (Fsp3) is 0.611. The van der Waals surface area contributed by atoms with Crippen molar-refractivity contribution in [2.24, 2.45) is 50.4 Å². The van der Waals surface area contributed by atoms with Crippen LogP contribution in [0.2, 0.25) is 0 Å². The second kappa shape index (κ2) is 5.24. The van der Waals surface area contributed by atoms with Crippen molar-refractivity contribution in [1.82, 2.24) is 14.8 Å². The van der Waals surface area contributed by atoms with Gasteiger partial charge < -0.3 is 37.1 Å². The molecule has 8 N–H and O–H groups in total. The lowest BCUT2D eigenvalue weighted by atomic mass is 9.67. The molecule has 1 saturated carbocycles. The van der Waals surface area contributed by atoms with Crippen molar-refractivity contribution in [3.8, 4) is 0 Å². The molecule has 0 aromatic carbocycles. The minimum absolute atomic E-state index is 0.0390. The van der Waals surface area contributed by atoms with Crippen molar-refractivity contribution in [1.29, 1.82) is 0 Å². The maximum absolute atomic E-state index is 13.5. The fourth-order valence-corrected chi connectivity index (χ4v) is 7.52. The van der Waals surface area contributed by atoms with Crippen molar-refractivity contribution in [2.45, 2.75) is 29.9 Å². The van der Waals surface area contributed by atoms with E-state index >= 15 is 0 Å². The third kappa shape index (κ3) is 1.72. The van der Waals surface area contributed by atoms with E-state index < -0.39 is 28.8 Å². The van der Waals surface area contributed by atoms with Crippen LogP contribution in [-0.2, 0) is 0 Å². The monoisotopic (exact) mass is 418 g/mol. The average molecular weight is 419 g/mol. The minimum atomic E-state index is -1.08. The number of nitrogens with one attached hydrogen (secondary N) is 1. The van der Waals surface area contributed by atoms with E-state index in [4.69, 9.17) is 28.8 Å². The molecule has 1 unspecified atom stereocenters. The molecule has 4 aliphatic heterocycles. The molecule has 2 spiro atoms. The topological polar surface area (TPSA) is 160 Å². The molecule has 5 heterocycles. The number of aliphatic hydroxyl groups excluding tert-OH is 1. The predicted molar refractivity (Wildman–Crippen MR) is 106 cm³/mol. The Morgan fingerprint density at radius 3 is 2.86 bits per heavy atom. The summed E-state index contributed by atoms with van der Waals surface area (Å²) in [6.45, 7) is 0.801. The van der Waals surface area contributed by atoms with E-state index in [1.54, 1.807) is 6.07 Å². The van der Waals surface area contributed by atoms with Gasteiger partial charge in [0.05, 0.1) is 5.84 Å². The standard InChI is InChI=1S/C18H23ClN8O2/c19-12-7(5-20)8-6-27-13(28)9-2-1-3-26(9)14-18(27,25-16(22)24-14)11(8)17(12)4-10(21)23-15(17)29/h1-3,7-8,11-12,14-15,29H,4-6,20H2,(H2,21,23)(H3,22,24,25)/t7-,8+,11+,12-,14+,15+,17-,18?/m0/s1. The van der Waals surface area contributed by atoms with E-state index in [9.17, 15) is 9.90 Å². The van der Waals surface area contributed by atoms with Gasteiger partial charge >= 0.3 is 0 Å². The van der Waals surface area contributed by atoms with E-state index in [2.05, 4.69) is 15.3 Å². The van der Waals surface area contributed by atoms with Crippen LogP contribution in [0.4, 0.5) is 0 Å². The van der Waals surface area contributed by atoms with Gasteiger partial charge in [-0.3, -0.25) is 4.79 Å². The number of aromatic nitrogens is 1. The average Bonchev–Trinajstić information content (AvgIpc) is 3.42. The number of alkyl halides is 1. The first kappa shape index (κ1) is 17.5. The molecular weight excluding hydrogens is 396 g/mol. The van der Waals surface area contributed by atoms with Crippen LogP contribution in [0.5, 0.6) is 0 Å². The first-order chi connectivity index (χ1) is 13.9. The van der Waals surface area contributed by atoms with Crippen molar-refractivity contribution in [3.63, 3.8) is 0 Å². The highest BCUT2D eigenvalue weighted by molar-refractivity contribution is 6.22. The summed E-state index contributed by atoms with van der Waals surface area (Å²) in [6, 6.07) is 3.62. The van der Waals surface area contributed by atoms with Crippen LogP contribution in [0.15, 0.2) is 28.3 Å². The molecule has 1 aromatic rings. The minimum Gasteiger partial charge on any atom is -0.387 e. The third-order valence-corrected chi connectivity index (χ3v) is 8.51. The Kier molecular flexibility index (Phi) is 3.17. The second-order valence-corrected chi connectivity index (χ2v) is 9.25. The molecule has 1 aromatic heterocycles. The van der Waals surface area contributed by atoms with Crippen molar-refractivity contribution in [3.05, 3.63) is 24.0 Å². The number of carbonyl (C=O) groups is 1. The molecule has 1 aliphatic carbocycles. The van der Waals surface area contributed by atoms with Crippen LogP contribution in [0.25, 0.3) is 0 Å². The molecular formula is C18H23ClN8O2. The Morgan fingerprint density at radius 2 is 2.17 bits per heavy atom. The molecule has 8 atom stereocenters. The zero-order chi connectivity index (χ0) is 20.3. The lowest BCUT2D eigenvalue weighted by molar-refractivity contribution is -0.0562. The fourth-order valence-electron chi connectivity index (χ4n) is 6.90. The van der Waals surface area contributed by atoms with Crippen molar-refractivity contribution < 1.29 is 9.90 Å². The molecule has 11 heteroatoms. The highest BCUT2D eigenvalue weighted by Crippen LogP contribution is 2.68. The number of fused-ring (bicyclic) bond motifs is 4. The highest BCUT2D eigenvalue weighted by Gasteiger charge is 2.78. The number of nitrogens with zero attached hydrogens (tertiary/aromatic N) is 4. The predicted octanol–water partition coefficient (Wildman–Crippen LogP) is -1.44. The number of halogens is 1. The molecule has 6 rings (SSSR count). The zero-order valence-electron chi connectivity index (χ0n) is 15.6. The van der Waals surface area contributed by atoms with Gasteiger partial charge in [-0.15, -0.1) is 11.6 Å². The molecule has 154 valence electrons. The first-order valence-electron chi connectivity index (χ1n) is 9.81. The number of guanidine groups is 1. The molecule has 0 bridgehead atoms. The number of rotatable bonds is 1. The van der Waals surface area contributed by atoms with Crippen LogP contribution >= 0.6 is 11.6 Å². The molecule has 5 aliphatic rings. The van der Waals surface area contributed by atoms with Crippen LogP contribution < -0.4 is 22.5 Å². The molecule has 1 amide bonds. The van der Waals surface area contributed by atoms with Gasteiger partial charge in [-0.05, 0) is 30.5 Å². The Hall–Kier alpha value is -2.30. The van der Waals surface area contributed by atoms with E-state index in [1.165, 1.54) is 0 Å². The molecule has 10 nitrogen and oxygen atoms in total. The largest absolute Gasteiger partial charge is 0.387 e. The lowest BCUT2D eigenvalue weighted by Gasteiger charge is -2.51. The maximum Gasteiger partial charge on any atom is 0.272 e. The van der Waals surface area contributed by atoms with E-state index in [0.717, 1.165) is 0 Å². The Labute approximate surface area is 171 Å². The lowest BCUT2D eigenvalue weighted by Crippen LogP contribution is -2.69. The summed E-state index contributed by atoms with van der Waals surface area (Å²) in [6.07, 6.45) is 0.640. The van der Waals surface area contributed by atoms with Gasteiger partial charge in [-0.1, -0.05) is 0 Å². The first-order valence-corrected chi connectivity index (χ1v) is 10.2. The van der Waals surface area contributed by atoms with Crippen LogP contribution in [-0.4, -0.2) is 62.6 Å². The summed E-state index contributed by atoms with van der Waals surface area (Å²) in [7, 11) is 0. The summed E-state index contributed by atoms with van der Waals surface area (Å²) in [4.78, 5) is 24.2. The summed E-state index contributed by atoms with van der Waals surface area (Å²) in [5, 5.41) is 14.0. The molecule has 0 radical (unpaired) electrons. The maximum atomic E-state index is 13.5. The van der Waals surface area contributed by atoms with Crippen LogP contribution in [0, 0.1) is 23.2 Å². The molecule has 29 heavy (non-hydrogen) atoms. The summed E-state index contributed by atoms with van der Waals surface area (Å²) in [5.41, 5.74) is 17.1. The number of hydrogen-bond donors (Lipinski definition) is 5. The van der Waals surface area contributed by atoms with Gasteiger partial charge in [0.2, 0.25) is 0 Å². The van der Waals surface area contributed by atoms with Gasteiger partial charge in [-0.25, -0.2) is 9.98 Å². The van der Waals surface area contributed by atoms with E-state index in [0.29, 0.717) is 31.0 Å². The Bertz CT molecular complexity index is 992. The Morgan fingerprint density at radius 1 is 1.38 bits per heavy atom. The number of amidine groups is 1. The van der Waals surface area contributed by atoms with Crippen molar-refractivity contribution >= 4 is 29.3 Å². The SMILES string of the molecule is NC[C@H]1[C@H]2CN3C(=O)c4cccn4[C@H]4N=C(N)NC43[C@H]2[C@@]2(CC(N)=N[C@@H]2O)[C@H]1Cl. The second-order valence-electron chi connectivity index (χ2n) is 8.78. The van der Waals surface area contributed by atoms with Crippen LogP contribution in [0.1, 0.15) is 23.1 Å². The van der Waals surface area contributed by atoms with Gasteiger partial charge in [0.1, 0.15) is 5.69 Å². The number of aliphatic imine (C=N–C) groups is 2. The Balaban J connectivity index is 1.60. The zero-order valence-corrected chi connectivity index (χ0v) is 16.3. The number of aliphatic hydroxyl groups is 1. The summed E-state index contributed by atoms with van der Waals surface area (Å²) >= 11 is 7.00. The molecule has 2 fully saturated rings. The van der Waals surface area contributed by atoms with Gasteiger partial charge in [0.15, 0.2) is 24.0 Å². The number of nitrogens with two attached hydrogens (primary N) is 3. The van der Waals surface area contributed by atoms with Gasteiger partial charge in [0.25, 0.3) is 5.91 Å². The summed E-state index contributed by atoms with van der Waals surface area (Å²) < 4.78 is 1.85. The van der Waals surface area contributed by atoms with E-state index in [-0.39, 0.29) is 29.6 Å². The smallest absolute Gasteiger partial charge is 0.272 e. The van der Waals surface area contributed by atoms with Crippen LogP contribution in [0.3, 0.4) is 0 Å². The normalized spacial score (nSPS) is 46.9. The molecule has 1 saturated heterocycles. The third-order valence-electron chi connectivity index (χ3n) is 7.78. The van der Waals surface area contributed by atoms with Crippen molar-refractivity contribution in [2.75, 3.05) is 13.1 Å². The van der Waals surface area contributed by atoms with E-state index in [1.807, 2.05) is 21.7 Å². The van der Waals surface area contributed by atoms with Gasteiger partial charge in [-0.2, -0.15) is 0 Å². The number of amides is 1. The van der Waals surface area contributed by atoms with Gasteiger partial charge in [0, 0.05) is 35.9 Å². The summed E-state index contributed by atoms with van der Waals surface area (Å²) in [5.74, 6) is 0.101. The number of carbonyl (C=O) groups excluding carboxylic acids is 1. The number of hydrogen-bond acceptors (Lipinski definition) is 8. The highest BCUT2D eigenvalue weighted by atomic mass is 35.5.